The quantitative estimate of drug-likeness (QED) is 0.796. The number of aryl methyl sites for hydroxylation is 2. The van der Waals surface area contributed by atoms with Gasteiger partial charge in [0.15, 0.2) is 0 Å². The highest BCUT2D eigenvalue weighted by molar-refractivity contribution is 5.35. The SMILES string of the molecule is CCCC(C)(F)CCc1ccc(C)cc1O. The second-order valence-corrected chi connectivity index (χ2v) is 4.80. The van der Waals surface area contributed by atoms with Gasteiger partial charge in [-0.25, -0.2) is 4.39 Å². The van der Waals surface area contributed by atoms with Crippen molar-refractivity contribution in [1.82, 2.24) is 0 Å². The first-order valence-electron chi connectivity index (χ1n) is 5.92. The van der Waals surface area contributed by atoms with E-state index in [2.05, 4.69) is 0 Å². The molecule has 2 heteroatoms. The summed E-state index contributed by atoms with van der Waals surface area (Å²) >= 11 is 0. The number of benzene rings is 1. The molecule has 0 amide bonds. The average molecular weight is 224 g/mol. The van der Waals surface area contributed by atoms with Crippen molar-refractivity contribution in [3.63, 3.8) is 0 Å². The van der Waals surface area contributed by atoms with Gasteiger partial charge in [0, 0.05) is 0 Å². The van der Waals surface area contributed by atoms with Crippen molar-refractivity contribution >= 4 is 0 Å². The lowest BCUT2D eigenvalue weighted by molar-refractivity contribution is 0.160. The molecule has 0 saturated carbocycles. The third kappa shape index (κ3) is 3.84. The van der Waals surface area contributed by atoms with Crippen LogP contribution in [0.1, 0.15) is 44.2 Å². The van der Waals surface area contributed by atoms with Crippen LogP contribution in [0.25, 0.3) is 0 Å². The first-order chi connectivity index (χ1) is 7.44. The fraction of sp³-hybridized carbons (Fsp3) is 0.571. The number of alkyl halides is 1. The van der Waals surface area contributed by atoms with E-state index in [9.17, 15) is 9.50 Å². The van der Waals surface area contributed by atoms with Crippen LogP contribution in [0.2, 0.25) is 0 Å². The van der Waals surface area contributed by atoms with E-state index >= 15 is 0 Å². The predicted molar refractivity (Wildman–Crippen MR) is 65.6 cm³/mol. The molecule has 0 fully saturated rings. The van der Waals surface area contributed by atoms with Crippen LogP contribution in [-0.2, 0) is 6.42 Å². The van der Waals surface area contributed by atoms with Crippen LogP contribution in [0, 0.1) is 6.92 Å². The molecule has 0 aliphatic rings. The summed E-state index contributed by atoms with van der Waals surface area (Å²) in [7, 11) is 0. The number of halogens is 1. The Kier molecular flexibility index (Phi) is 4.34. The molecule has 0 aromatic heterocycles. The zero-order valence-electron chi connectivity index (χ0n) is 10.4. The van der Waals surface area contributed by atoms with Crippen LogP contribution in [-0.4, -0.2) is 10.8 Å². The number of hydrogen-bond acceptors (Lipinski definition) is 1. The van der Waals surface area contributed by atoms with Crippen LogP contribution in [0.4, 0.5) is 4.39 Å². The summed E-state index contributed by atoms with van der Waals surface area (Å²) in [6.45, 7) is 5.56. The third-order valence-corrected chi connectivity index (χ3v) is 2.93. The number of phenolic OH excluding ortho intramolecular Hbond substituents is 1. The van der Waals surface area contributed by atoms with Crippen molar-refractivity contribution in [2.75, 3.05) is 0 Å². The van der Waals surface area contributed by atoms with Gasteiger partial charge in [0.25, 0.3) is 0 Å². The Balaban J connectivity index is 2.61. The van der Waals surface area contributed by atoms with E-state index < -0.39 is 5.67 Å². The smallest absolute Gasteiger partial charge is 0.119 e. The Bertz CT molecular complexity index is 345. The molecule has 1 atom stereocenters. The molecule has 1 nitrogen and oxygen atoms in total. The molecule has 1 N–H and O–H groups in total. The third-order valence-electron chi connectivity index (χ3n) is 2.93. The highest BCUT2D eigenvalue weighted by Crippen LogP contribution is 2.27. The maximum Gasteiger partial charge on any atom is 0.119 e. The molecule has 16 heavy (non-hydrogen) atoms. The Morgan fingerprint density at radius 1 is 1.31 bits per heavy atom. The van der Waals surface area contributed by atoms with Gasteiger partial charge in [0.05, 0.1) is 0 Å². The largest absolute Gasteiger partial charge is 0.508 e. The van der Waals surface area contributed by atoms with Crippen molar-refractivity contribution in [1.29, 1.82) is 0 Å². The molecule has 0 aliphatic heterocycles. The maximum absolute atomic E-state index is 13.9. The van der Waals surface area contributed by atoms with E-state index in [1.807, 2.05) is 26.0 Å². The van der Waals surface area contributed by atoms with E-state index in [-0.39, 0.29) is 5.75 Å². The zero-order valence-corrected chi connectivity index (χ0v) is 10.4. The molecule has 0 spiro atoms. The first-order valence-corrected chi connectivity index (χ1v) is 5.92. The highest BCUT2D eigenvalue weighted by Gasteiger charge is 2.21. The molecule has 0 bridgehead atoms. The number of aromatic hydroxyl groups is 1. The summed E-state index contributed by atoms with van der Waals surface area (Å²) in [5.41, 5.74) is 0.745. The van der Waals surface area contributed by atoms with Crippen LogP contribution in [0.5, 0.6) is 5.75 Å². The molecule has 0 radical (unpaired) electrons. The first kappa shape index (κ1) is 13.0. The Morgan fingerprint density at radius 3 is 2.56 bits per heavy atom. The minimum absolute atomic E-state index is 0.285. The van der Waals surface area contributed by atoms with Gasteiger partial charge >= 0.3 is 0 Å². The molecule has 0 heterocycles. The number of phenols is 1. The lowest BCUT2D eigenvalue weighted by Gasteiger charge is -2.19. The molecule has 90 valence electrons. The summed E-state index contributed by atoms with van der Waals surface area (Å²) in [5, 5.41) is 9.70. The highest BCUT2D eigenvalue weighted by atomic mass is 19.1. The van der Waals surface area contributed by atoms with E-state index in [1.165, 1.54) is 0 Å². The van der Waals surface area contributed by atoms with Crippen molar-refractivity contribution in [3.05, 3.63) is 29.3 Å². The van der Waals surface area contributed by atoms with Crippen molar-refractivity contribution < 1.29 is 9.50 Å². The van der Waals surface area contributed by atoms with Gasteiger partial charge in [-0.15, -0.1) is 0 Å². The van der Waals surface area contributed by atoms with Gasteiger partial charge in [-0.05, 0) is 50.3 Å². The lowest BCUT2D eigenvalue weighted by atomic mass is 9.93. The standard InChI is InChI=1S/C14H21FO/c1-4-8-14(3,15)9-7-12-6-5-11(2)10-13(12)16/h5-6,10,16H,4,7-9H2,1-3H3. The lowest BCUT2D eigenvalue weighted by Crippen LogP contribution is -2.18. The molecule has 1 unspecified atom stereocenters. The van der Waals surface area contributed by atoms with Crippen LogP contribution < -0.4 is 0 Å². The summed E-state index contributed by atoms with van der Waals surface area (Å²) in [6.07, 6.45) is 2.50. The minimum Gasteiger partial charge on any atom is -0.508 e. The van der Waals surface area contributed by atoms with Gasteiger partial charge in [0.2, 0.25) is 0 Å². The zero-order chi connectivity index (χ0) is 12.2. The van der Waals surface area contributed by atoms with Crippen LogP contribution in [0.3, 0.4) is 0 Å². The Hall–Kier alpha value is -1.05. The average Bonchev–Trinajstić information content (AvgIpc) is 2.16. The Morgan fingerprint density at radius 2 is 2.00 bits per heavy atom. The van der Waals surface area contributed by atoms with Gasteiger partial charge in [0.1, 0.15) is 11.4 Å². The monoisotopic (exact) mass is 224 g/mol. The fourth-order valence-electron chi connectivity index (χ4n) is 1.93. The molecule has 1 rings (SSSR count). The van der Waals surface area contributed by atoms with Gasteiger partial charge in [-0.2, -0.15) is 0 Å². The molecule has 0 aliphatic carbocycles. The molecular weight excluding hydrogens is 203 g/mol. The van der Waals surface area contributed by atoms with Gasteiger partial charge in [-0.3, -0.25) is 0 Å². The second kappa shape index (κ2) is 5.33. The summed E-state index contributed by atoms with van der Waals surface area (Å²) in [6, 6.07) is 5.56. The van der Waals surface area contributed by atoms with Gasteiger partial charge < -0.3 is 5.11 Å². The van der Waals surface area contributed by atoms with Crippen molar-refractivity contribution in [2.45, 2.75) is 52.1 Å². The topological polar surface area (TPSA) is 20.2 Å². The van der Waals surface area contributed by atoms with E-state index in [1.54, 1.807) is 13.0 Å². The molecule has 1 aromatic carbocycles. The minimum atomic E-state index is -1.12. The number of rotatable bonds is 5. The summed E-state index contributed by atoms with van der Waals surface area (Å²) < 4.78 is 13.9. The second-order valence-electron chi connectivity index (χ2n) is 4.80. The van der Waals surface area contributed by atoms with E-state index in [4.69, 9.17) is 0 Å². The molecule has 0 saturated heterocycles. The van der Waals surface area contributed by atoms with E-state index in [0.717, 1.165) is 17.5 Å². The van der Waals surface area contributed by atoms with Crippen molar-refractivity contribution in [3.8, 4) is 5.75 Å². The summed E-state index contributed by atoms with van der Waals surface area (Å²) in [4.78, 5) is 0. The fourth-order valence-corrected chi connectivity index (χ4v) is 1.93. The van der Waals surface area contributed by atoms with Gasteiger partial charge in [-0.1, -0.05) is 25.5 Å². The molecular formula is C14H21FO. The number of hydrogen-bond donors (Lipinski definition) is 1. The van der Waals surface area contributed by atoms with Crippen molar-refractivity contribution in [2.24, 2.45) is 0 Å². The van der Waals surface area contributed by atoms with Crippen LogP contribution >= 0.6 is 0 Å². The Labute approximate surface area is 97.3 Å². The van der Waals surface area contributed by atoms with E-state index in [0.29, 0.717) is 19.3 Å². The predicted octanol–water partition coefficient (Wildman–Crippen LogP) is 4.16. The normalized spacial score (nSPS) is 14.8. The van der Waals surface area contributed by atoms with Crippen LogP contribution in [0.15, 0.2) is 18.2 Å². The summed E-state index contributed by atoms with van der Waals surface area (Å²) in [5.74, 6) is 0.285. The maximum atomic E-state index is 13.9. The molecule has 1 aromatic rings.